The van der Waals surface area contributed by atoms with Crippen molar-refractivity contribution in [3.8, 4) is 11.1 Å². The van der Waals surface area contributed by atoms with Gasteiger partial charge >= 0.3 is 0 Å². The zero-order valence-corrected chi connectivity index (χ0v) is 16.5. The SMILES string of the molecule is CCc1ccc(NC(=O)C(=O)c2c(-c3ccc(C)cc3)cc3ccccn23)cc1. The molecule has 1 N–H and O–H groups in total. The molecule has 2 aromatic heterocycles. The first-order valence-corrected chi connectivity index (χ1v) is 9.68. The zero-order chi connectivity index (χ0) is 20.4. The summed E-state index contributed by atoms with van der Waals surface area (Å²) in [5.74, 6) is -1.21. The van der Waals surface area contributed by atoms with Gasteiger partial charge in [0.1, 0.15) is 5.69 Å². The van der Waals surface area contributed by atoms with E-state index in [-0.39, 0.29) is 0 Å². The number of nitrogens with one attached hydrogen (secondary N) is 1. The topological polar surface area (TPSA) is 50.6 Å². The van der Waals surface area contributed by atoms with E-state index in [9.17, 15) is 9.59 Å². The lowest BCUT2D eigenvalue weighted by atomic mass is 10.0. The monoisotopic (exact) mass is 382 g/mol. The van der Waals surface area contributed by atoms with Gasteiger partial charge in [0.05, 0.1) is 0 Å². The quantitative estimate of drug-likeness (QED) is 0.376. The van der Waals surface area contributed by atoms with Gasteiger partial charge in [-0.2, -0.15) is 0 Å². The summed E-state index contributed by atoms with van der Waals surface area (Å²) in [6, 6.07) is 23.1. The van der Waals surface area contributed by atoms with Crippen molar-refractivity contribution in [2.75, 3.05) is 5.32 Å². The number of pyridine rings is 1. The van der Waals surface area contributed by atoms with E-state index in [4.69, 9.17) is 0 Å². The third-order valence-corrected chi connectivity index (χ3v) is 5.08. The number of aromatic nitrogens is 1. The number of fused-ring (bicyclic) bond motifs is 1. The Labute approximate surface area is 169 Å². The van der Waals surface area contributed by atoms with E-state index in [1.54, 1.807) is 4.40 Å². The van der Waals surface area contributed by atoms with Gasteiger partial charge < -0.3 is 9.72 Å². The fourth-order valence-electron chi connectivity index (χ4n) is 3.43. The molecular weight excluding hydrogens is 360 g/mol. The van der Waals surface area contributed by atoms with Gasteiger partial charge in [0.15, 0.2) is 0 Å². The maximum absolute atomic E-state index is 13.2. The third kappa shape index (κ3) is 3.69. The second kappa shape index (κ2) is 7.76. The Hall–Kier alpha value is -3.66. The molecule has 0 aliphatic rings. The number of ketones is 1. The number of carbonyl (C=O) groups excluding carboxylic acids is 2. The summed E-state index contributed by atoms with van der Waals surface area (Å²) in [6.07, 6.45) is 2.73. The molecule has 0 unspecified atom stereocenters. The van der Waals surface area contributed by atoms with Crippen LogP contribution in [0.5, 0.6) is 0 Å². The van der Waals surface area contributed by atoms with Gasteiger partial charge in [0, 0.05) is 23.0 Å². The Kier molecular flexibility index (Phi) is 5.00. The van der Waals surface area contributed by atoms with Gasteiger partial charge in [-0.15, -0.1) is 0 Å². The van der Waals surface area contributed by atoms with Crippen LogP contribution in [0.4, 0.5) is 5.69 Å². The van der Waals surface area contributed by atoms with Crippen molar-refractivity contribution in [3.63, 3.8) is 0 Å². The number of anilines is 1. The maximum atomic E-state index is 13.2. The number of benzene rings is 2. The van der Waals surface area contributed by atoms with Gasteiger partial charge in [-0.05, 0) is 54.8 Å². The molecule has 0 fully saturated rings. The summed E-state index contributed by atoms with van der Waals surface area (Å²) >= 11 is 0. The van der Waals surface area contributed by atoms with Crippen molar-refractivity contribution in [2.45, 2.75) is 20.3 Å². The molecule has 0 saturated heterocycles. The number of amides is 1. The van der Waals surface area contributed by atoms with Crippen LogP contribution < -0.4 is 5.32 Å². The molecule has 2 heterocycles. The molecule has 4 rings (SSSR count). The lowest BCUT2D eigenvalue weighted by Gasteiger charge is -2.08. The molecule has 1 amide bonds. The lowest BCUT2D eigenvalue weighted by Crippen LogP contribution is -2.24. The predicted octanol–water partition coefficient (Wildman–Crippen LogP) is 5.30. The number of hydrogen-bond donors (Lipinski definition) is 1. The van der Waals surface area contributed by atoms with Crippen LogP contribution in [0.3, 0.4) is 0 Å². The number of Topliss-reactive ketones (excluding diaryl/α,β-unsaturated/α-hetero) is 1. The molecule has 0 radical (unpaired) electrons. The first kappa shape index (κ1) is 18.7. The fourth-order valence-corrected chi connectivity index (χ4v) is 3.43. The van der Waals surface area contributed by atoms with Crippen molar-refractivity contribution in [1.82, 2.24) is 4.40 Å². The first-order chi connectivity index (χ1) is 14.1. The summed E-state index contributed by atoms with van der Waals surface area (Å²) < 4.78 is 1.78. The van der Waals surface area contributed by atoms with Gasteiger partial charge in [0.25, 0.3) is 11.7 Å². The van der Waals surface area contributed by atoms with Crippen LogP contribution in [-0.2, 0) is 11.2 Å². The van der Waals surface area contributed by atoms with Gasteiger partial charge in [-0.1, -0.05) is 55.0 Å². The molecule has 4 heteroatoms. The van der Waals surface area contributed by atoms with Crippen LogP contribution >= 0.6 is 0 Å². The molecule has 2 aromatic carbocycles. The van der Waals surface area contributed by atoms with E-state index in [0.717, 1.165) is 28.6 Å². The molecule has 0 aliphatic heterocycles. The Balaban J connectivity index is 1.73. The van der Waals surface area contributed by atoms with Crippen molar-refractivity contribution >= 4 is 22.9 Å². The van der Waals surface area contributed by atoms with E-state index < -0.39 is 11.7 Å². The highest BCUT2D eigenvalue weighted by molar-refractivity contribution is 6.47. The molecule has 4 aromatic rings. The minimum Gasteiger partial charge on any atom is -0.319 e. The van der Waals surface area contributed by atoms with Crippen molar-refractivity contribution in [3.05, 3.63) is 95.8 Å². The molecule has 0 saturated carbocycles. The Morgan fingerprint density at radius 2 is 1.66 bits per heavy atom. The molecule has 0 bridgehead atoms. The third-order valence-electron chi connectivity index (χ3n) is 5.08. The Bertz CT molecular complexity index is 1190. The van der Waals surface area contributed by atoms with Crippen LogP contribution in [0.1, 0.15) is 28.5 Å². The van der Waals surface area contributed by atoms with E-state index in [1.807, 2.05) is 85.9 Å². The number of aryl methyl sites for hydroxylation is 2. The summed E-state index contributed by atoms with van der Waals surface area (Å²) in [5.41, 5.74) is 5.81. The number of rotatable bonds is 5. The van der Waals surface area contributed by atoms with E-state index in [2.05, 4.69) is 12.2 Å². The predicted molar refractivity (Wildman–Crippen MR) is 116 cm³/mol. The molecule has 0 spiro atoms. The van der Waals surface area contributed by atoms with Gasteiger partial charge in [0.2, 0.25) is 0 Å². The maximum Gasteiger partial charge on any atom is 0.298 e. The second-order valence-corrected chi connectivity index (χ2v) is 7.10. The van der Waals surface area contributed by atoms with Crippen LogP contribution in [0.2, 0.25) is 0 Å². The summed E-state index contributed by atoms with van der Waals surface area (Å²) in [5, 5.41) is 2.73. The summed E-state index contributed by atoms with van der Waals surface area (Å²) in [7, 11) is 0. The minimum atomic E-state index is -0.647. The van der Waals surface area contributed by atoms with Crippen molar-refractivity contribution in [1.29, 1.82) is 0 Å². The Morgan fingerprint density at radius 3 is 2.34 bits per heavy atom. The average Bonchev–Trinajstić information content (AvgIpc) is 3.13. The van der Waals surface area contributed by atoms with Crippen molar-refractivity contribution < 1.29 is 9.59 Å². The largest absolute Gasteiger partial charge is 0.319 e. The van der Waals surface area contributed by atoms with E-state index in [0.29, 0.717) is 11.4 Å². The summed E-state index contributed by atoms with van der Waals surface area (Å²) in [4.78, 5) is 25.9. The van der Waals surface area contributed by atoms with Gasteiger partial charge in [-0.25, -0.2) is 0 Å². The fraction of sp³-hybridized carbons (Fsp3) is 0.120. The number of hydrogen-bond acceptors (Lipinski definition) is 2. The highest BCUT2D eigenvalue weighted by Gasteiger charge is 2.24. The van der Waals surface area contributed by atoms with Crippen LogP contribution in [0.15, 0.2) is 79.0 Å². The smallest absolute Gasteiger partial charge is 0.298 e. The second-order valence-electron chi connectivity index (χ2n) is 7.10. The molecule has 0 atom stereocenters. The normalized spacial score (nSPS) is 10.8. The van der Waals surface area contributed by atoms with Crippen LogP contribution in [0.25, 0.3) is 16.6 Å². The van der Waals surface area contributed by atoms with Crippen LogP contribution in [-0.4, -0.2) is 16.1 Å². The van der Waals surface area contributed by atoms with E-state index >= 15 is 0 Å². The lowest BCUT2D eigenvalue weighted by molar-refractivity contribution is -0.112. The average molecular weight is 382 g/mol. The first-order valence-electron chi connectivity index (χ1n) is 9.68. The van der Waals surface area contributed by atoms with Gasteiger partial charge in [-0.3, -0.25) is 9.59 Å². The summed E-state index contributed by atoms with van der Waals surface area (Å²) in [6.45, 7) is 4.09. The number of nitrogens with zero attached hydrogens (tertiary/aromatic N) is 1. The number of carbonyl (C=O) groups is 2. The molecule has 4 nitrogen and oxygen atoms in total. The molecule has 144 valence electrons. The standard InChI is InChI=1S/C25H22N2O2/c1-3-18-9-13-20(14-10-18)26-25(29)24(28)23-22(19-11-7-17(2)8-12-19)16-21-6-4-5-15-27(21)23/h4-16H,3H2,1-2H3,(H,26,29). The Morgan fingerprint density at radius 1 is 0.931 bits per heavy atom. The van der Waals surface area contributed by atoms with E-state index in [1.165, 1.54) is 5.56 Å². The highest BCUT2D eigenvalue weighted by atomic mass is 16.2. The zero-order valence-electron chi connectivity index (χ0n) is 16.5. The molecule has 29 heavy (non-hydrogen) atoms. The van der Waals surface area contributed by atoms with Crippen LogP contribution in [0, 0.1) is 6.92 Å². The molecule has 0 aliphatic carbocycles. The molecular formula is C25H22N2O2. The van der Waals surface area contributed by atoms with Crippen molar-refractivity contribution in [2.24, 2.45) is 0 Å². The minimum absolute atomic E-state index is 0.368. The highest BCUT2D eigenvalue weighted by Crippen LogP contribution is 2.29.